The van der Waals surface area contributed by atoms with Crippen LogP contribution in [-0.2, 0) is 0 Å². The van der Waals surface area contributed by atoms with Gasteiger partial charge in [-0.15, -0.1) is 0 Å². The van der Waals surface area contributed by atoms with Gasteiger partial charge in [-0.25, -0.2) is 0 Å². The van der Waals surface area contributed by atoms with Gasteiger partial charge in [-0.3, -0.25) is 0 Å². The molecule has 0 unspecified atom stereocenters. The zero-order chi connectivity index (χ0) is 12.4. The van der Waals surface area contributed by atoms with Crippen molar-refractivity contribution >= 4 is 8.41 Å². The second-order valence-corrected chi connectivity index (χ2v) is 3.23. The van der Waals surface area contributed by atoms with Crippen molar-refractivity contribution in [1.29, 1.82) is 0 Å². The fourth-order valence-electron chi connectivity index (χ4n) is 0.474. The molecule has 0 aromatic heterocycles. The van der Waals surface area contributed by atoms with Crippen LogP contribution in [0.5, 0.6) is 0 Å². The SMILES string of the molecule is CCCCO.CCCCO.CCCCO.[B]. The lowest BCUT2D eigenvalue weighted by Crippen LogP contribution is -1.75. The number of aliphatic hydroxyl groups is 3. The lowest BCUT2D eigenvalue weighted by atomic mass is 10.4. The molecule has 0 amide bonds. The van der Waals surface area contributed by atoms with Gasteiger partial charge in [0.2, 0.25) is 0 Å². The molecular weight excluding hydrogens is 203 g/mol. The molecule has 16 heavy (non-hydrogen) atoms. The molecule has 3 nitrogen and oxygen atoms in total. The Morgan fingerprint density at radius 3 is 0.750 bits per heavy atom. The molecule has 3 N–H and O–H groups in total. The highest BCUT2D eigenvalue weighted by Crippen LogP contribution is 1.79. The Hall–Kier alpha value is -0.0551. The van der Waals surface area contributed by atoms with Gasteiger partial charge in [-0.2, -0.15) is 0 Å². The van der Waals surface area contributed by atoms with Gasteiger partial charge in [0.15, 0.2) is 0 Å². The monoisotopic (exact) mass is 233 g/mol. The summed E-state index contributed by atoms with van der Waals surface area (Å²) >= 11 is 0. The molecule has 0 aliphatic carbocycles. The van der Waals surface area contributed by atoms with E-state index in [1.54, 1.807) is 0 Å². The molecule has 4 heteroatoms. The van der Waals surface area contributed by atoms with Crippen LogP contribution in [0.15, 0.2) is 0 Å². The van der Waals surface area contributed by atoms with E-state index >= 15 is 0 Å². The zero-order valence-electron chi connectivity index (χ0n) is 11.3. The molecule has 0 aromatic carbocycles. The first-order chi connectivity index (χ1) is 7.24. The molecule has 0 spiro atoms. The predicted octanol–water partition coefficient (Wildman–Crippen LogP) is 1.96. The molecule has 0 aliphatic rings. The molecule has 3 radical (unpaired) electrons. The summed E-state index contributed by atoms with van der Waals surface area (Å²) in [5.74, 6) is 0. The topological polar surface area (TPSA) is 60.7 Å². The Morgan fingerprint density at radius 1 is 0.562 bits per heavy atom. The third-order valence-corrected chi connectivity index (χ3v) is 1.54. The first kappa shape index (κ1) is 25.0. The Labute approximate surface area is 103 Å². The van der Waals surface area contributed by atoms with Crippen LogP contribution in [-0.4, -0.2) is 43.6 Å². The highest BCUT2D eigenvalue weighted by atomic mass is 16.3. The third-order valence-electron chi connectivity index (χ3n) is 1.54. The Bertz CT molecular complexity index is 53.0. The highest BCUT2D eigenvalue weighted by Gasteiger charge is 1.70. The van der Waals surface area contributed by atoms with E-state index in [1.807, 2.05) is 0 Å². The maximum atomic E-state index is 8.07. The summed E-state index contributed by atoms with van der Waals surface area (Å²) in [5.41, 5.74) is 0. The minimum absolute atomic E-state index is 0. The average molecular weight is 233 g/mol. The summed E-state index contributed by atoms with van der Waals surface area (Å²) in [5, 5.41) is 24.2. The predicted molar refractivity (Wildman–Crippen MR) is 71.7 cm³/mol. The minimum Gasteiger partial charge on any atom is -0.396 e. The molecule has 0 aliphatic heterocycles. The molecule has 0 heterocycles. The van der Waals surface area contributed by atoms with E-state index in [2.05, 4.69) is 20.8 Å². The normalized spacial score (nSPS) is 7.88. The Kier molecular flexibility index (Phi) is 56.7. The molecular formula is C12H30BO3. The second-order valence-electron chi connectivity index (χ2n) is 3.23. The lowest BCUT2D eigenvalue weighted by molar-refractivity contribution is 0.286. The van der Waals surface area contributed by atoms with Crippen LogP contribution in [0.3, 0.4) is 0 Å². The van der Waals surface area contributed by atoms with Gasteiger partial charge < -0.3 is 15.3 Å². The molecule has 99 valence electrons. The van der Waals surface area contributed by atoms with Gasteiger partial charge in [0, 0.05) is 28.2 Å². The van der Waals surface area contributed by atoms with E-state index in [-0.39, 0.29) is 8.41 Å². The van der Waals surface area contributed by atoms with Crippen molar-refractivity contribution in [3.05, 3.63) is 0 Å². The van der Waals surface area contributed by atoms with E-state index in [0.717, 1.165) is 38.5 Å². The molecule has 0 atom stereocenters. The zero-order valence-corrected chi connectivity index (χ0v) is 11.3. The van der Waals surface area contributed by atoms with Crippen molar-refractivity contribution in [3.8, 4) is 0 Å². The number of rotatable bonds is 6. The second kappa shape index (κ2) is 36.3. The van der Waals surface area contributed by atoms with E-state index in [1.165, 1.54) is 0 Å². The Balaban J connectivity index is -0.0000000655. The van der Waals surface area contributed by atoms with E-state index in [4.69, 9.17) is 15.3 Å². The molecule has 0 bridgehead atoms. The summed E-state index contributed by atoms with van der Waals surface area (Å²) in [6.07, 6.45) is 6.11. The van der Waals surface area contributed by atoms with Crippen LogP contribution in [0.4, 0.5) is 0 Å². The fraction of sp³-hybridized carbons (Fsp3) is 1.00. The highest BCUT2D eigenvalue weighted by molar-refractivity contribution is 5.75. The molecule has 0 aromatic rings. The Morgan fingerprint density at radius 2 is 0.750 bits per heavy atom. The maximum absolute atomic E-state index is 8.07. The van der Waals surface area contributed by atoms with Gasteiger partial charge in [0.25, 0.3) is 0 Å². The van der Waals surface area contributed by atoms with Crippen molar-refractivity contribution < 1.29 is 15.3 Å². The van der Waals surface area contributed by atoms with Crippen molar-refractivity contribution in [2.45, 2.75) is 59.3 Å². The standard InChI is InChI=1S/3C4H10O.B/c3*1-2-3-4-5;/h3*5H,2-4H2,1H3;. The summed E-state index contributed by atoms with van der Waals surface area (Å²) < 4.78 is 0. The van der Waals surface area contributed by atoms with Gasteiger partial charge in [0.05, 0.1) is 0 Å². The summed E-state index contributed by atoms with van der Waals surface area (Å²) in [4.78, 5) is 0. The first-order valence-corrected chi connectivity index (χ1v) is 6.07. The van der Waals surface area contributed by atoms with E-state index < -0.39 is 0 Å². The largest absolute Gasteiger partial charge is 0.396 e. The first-order valence-electron chi connectivity index (χ1n) is 6.07. The van der Waals surface area contributed by atoms with E-state index in [9.17, 15) is 0 Å². The van der Waals surface area contributed by atoms with Gasteiger partial charge in [-0.05, 0) is 19.3 Å². The summed E-state index contributed by atoms with van der Waals surface area (Å²) in [6, 6.07) is 0. The van der Waals surface area contributed by atoms with Crippen molar-refractivity contribution in [2.24, 2.45) is 0 Å². The summed E-state index contributed by atoms with van der Waals surface area (Å²) in [7, 11) is 0. The van der Waals surface area contributed by atoms with Crippen LogP contribution in [0, 0.1) is 0 Å². The van der Waals surface area contributed by atoms with Gasteiger partial charge >= 0.3 is 0 Å². The number of hydrogen-bond donors (Lipinski definition) is 3. The van der Waals surface area contributed by atoms with Gasteiger partial charge in [0.1, 0.15) is 0 Å². The molecule has 0 saturated heterocycles. The van der Waals surface area contributed by atoms with Crippen LogP contribution in [0.25, 0.3) is 0 Å². The number of aliphatic hydroxyl groups excluding tert-OH is 3. The minimum atomic E-state index is 0. The quantitative estimate of drug-likeness (QED) is 0.614. The molecule has 0 fully saturated rings. The fourth-order valence-corrected chi connectivity index (χ4v) is 0.474. The van der Waals surface area contributed by atoms with Gasteiger partial charge in [-0.1, -0.05) is 40.0 Å². The van der Waals surface area contributed by atoms with Crippen LogP contribution >= 0.6 is 0 Å². The molecule has 0 rings (SSSR count). The van der Waals surface area contributed by atoms with Crippen molar-refractivity contribution in [3.63, 3.8) is 0 Å². The number of hydrogen-bond acceptors (Lipinski definition) is 3. The van der Waals surface area contributed by atoms with Crippen LogP contribution in [0.1, 0.15) is 59.3 Å². The number of unbranched alkanes of at least 4 members (excludes halogenated alkanes) is 3. The van der Waals surface area contributed by atoms with E-state index in [0.29, 0.717) is 19.8 Å². The third kappa shape index (κ3) is 66.1. The lowest BCUT2D eigenvalue weighted by Gasteiger charge is -1.79. The van der Waals surface area contributed by atoms with Crippen molar-refractivity contribution in [1.82, 2.24) is 0 Å². The van der Waals surface area contributed by atoms with Crippen LogP contribution in [0.2, 0.25) is 0 Å². The molecule has 0 saturated carbocycles. The summed E-state index contributed by atoms with van der Waals surface area (Å²) in [6.45, 7) is 7.19. The van der Waals surface area contributed by atoms with Crippen LogP contribution < -0.4 is 0 Å². The average Bonchev–Trinajstić information content (AvgIpc) is 2.23. The van der Waals surface area contributed by atoms with Crippen molar-refractivity contribution in [2.75, 3.05) is 19.8 Å². The maximum Gasteiger partial charge on any atom is 0.0430 e. The smallest absolute Gasteiger partial charge is 0.0430 e.